The summed E-state index contributed by atoms with van der Waals surface area (Å²) in [7, 11) is 0. The number of hydrogen-bond donors (Lipinski definition) is 1. The Morgan fingerprint density at radius 3 is 2.66 bits per heavy atom. The average Bonchev–Trinajstić information content (AvgIpc) is 3.51. The largest absolute Gasteiger partial charge is 0.737 e. The van der Waals surface area contributed by atoms with Crippen molar-refractivity contribution >= 4 is 48.2 Å². The molecule has 3 aromatic rings. The summed E-state index contributed by atoms with van der Waals surface area (Å²) >= 11 is 1.43. The second kappa shape index (κ2) is 7.76. The van der Waals surface area contributed by atoms with Gasteiger partial charge in [0.1, 0.15) is 5.75 Å². The number of benzene rings is 1. The standard InChI is InChI=1S/C23H17BF2N2O3S/c25-24(26)27-17(6-3-16-4-10-20(11-5-16)31-15-23(29)30)7-8-18(27)14-19-9-12-21(28(19)24)22-2-1-13-32-22/h1-14H,15H2,(H,29,30). The van der Waals surface area contributed by atoms with Gasteiger partial charge < -0.3 is 27.4 Å². The van der Waals surface area contributed by atoms with E-state index < -0.39 is 19.5 Å². The zero-order valence-corrected chi connectivity index (χ0v) is 17.5. The maximum atomic E-state index is 15.8. The number of carboxylic acid groups (broad SMARTS) is 1. The van der Waals surface area contributed by atoms with Crippen molar-refractivity contribution in [2.45, 2.75) is 0 Å². The second-order valence-corrected chi connectivity index (χ2v) is 8.31. The molecule has 160 valence electrons. The maximum Gasteiger partial charge on any atom is 0.737 e. The Kier molecular flexibility index (Phi) is 4.90. The molecule has 1 N–H and O–H groups in total. The number of rotatable bonds is 6. The van der Waals surface area contributed by atoms with E-state index >= 15 is 8.63 Å². The molecule has 2 aromatic heterocycles. The zero-order chi connectivity index (χ0) is 22.3. The van der Waals surface area contributed by atoms with Crippen LogP contribution >= 0.6 is 11.3 Å². The number of aromatic nitrogens is 1. The molecule has 0 fully saturated rings. The number of carboxylic acids is 1. The molecule has 0 atom stereocenters. The van der Waals surface area contributed by atoms with E-state index in [4.69, 9.17) is 9.84 Å². The molecule has 0 saturated heterocycles. The monoisotopic (exact) mass is 450 g/mol. The number of hydrogen-bond acceptors (Lipinski definition) is 3. The summed E-state index contributed by atoms with van der Waals surface area (Å²) in [5, 5.41) is 10.5. The van der Waals surface area contributed by atoms with E-state index in [1.165, 1.54) is 11.3 Å². The fourth-order valence-electron chi connectivity index (χ4n) is 3.91. The van der Waals surface area contributed by atoms with Crippen LogP contribution in [0.25, 0.3) is 18.2 Å². The van der Waals surface area contributed by atoms with Crippen LogP contribution in [0.4, 0.5) is 8.63 Å². The zero-order valence-electron chi connectivity index (χ0n) is 16.7. The fourth-order valence-corrected chi connectivity index (χ4v) is 4.66. The number of aliphatic carboxylic acids is 1. The molecule has 0 spiro atoms. The normalized spacial score (nSPS) is 16.2. The number of fused-ring (bicyclic) bond motifs is 2. The van der Waals surface area contributed by atoms with Gasteiger partial charge in [-0.1, -0.05) is 24.3 Å². The number of halogens is 2. The van der Waals surface area contributed by atoms with Gasteiger partial charge in [0.15, 0.2) is 18.0 Å². The first-order chi connectivity index (χ1) is 15.4. The lowest BCUT2D eigenvalue weighted by molar-refractivity contribution is -0.360. The van der Waals surface area contributed by atoms with Gasteiger partial charge in [0.05, 0.1) is 4.88 Å². The molecule has 0 saturated carbocycles. The van der Waals surface area contributed by atoms with Gasteiger partial charge >= 0.3 is 12.9 Å². The van der Waals surface area contributed by atoms with Gasteiger partial charge in [0.2, 0.25) is 0 Å². The van der Waals surface area contributed by atoms with Crippen molar-refractivity contribution in [2.75, 3.05) is 6.61 Å². The summed E-state index contributed by atoms with van der Waals surface area (Å²) in [4.78, 5) is 11.4. The van der Waals surface area contributed by atoms with Crippen LogP contribution in [0.15, 0.2) is 71.8 Å². The Bertz CT molecular complexity index is 1320. The van der Waals surface area contributed by atoms with E-state index in [0.717, 1.165) is 19.4 Å². The molecule has 1 aromatic carbocycles. The van der Waals surface area contributed by atoms with Crippen molar-refractivity contribution in [1.82, 2.24) is 4.48 Å². The van der Waals surface area contributed by atoms with Gasteiger partial charge in [-0.3, -0.25) is 0 Å². The summed E-state index contributed by atoms with van der Waals surface area (Å²) in [6.07, 6.45) is 8.62. The van der Waals surface area contributed by atoms with Crippen molar-refractivity contribution in [3.05, 3.63) is 93.6 Å². The third-order valence-corrected chi connectivity index (χ3v) is 6.20. The number of allylic oxidation sites excluding steroid dienone is 2. The Hall–Kier alpha value is -3.72. The van der Waals surface area contributed by atoms with E-state index in [2.05, 4.69) is 0 Å². The molecule has 9 heteroatoms. The van der Waals surface area contributed by atoms with Crippen LogP contribution in [-0.4, -0.2) is 39.3 Å². The highest BCUT2D eigenvalue weighted by Gasteiger charge is 2.52. The van der Waals surface area contributed by atoms with Gasteiger partial charge in [-0.25, -0.2) is 4.79 Å². The SMILES string of the molecule is O=C(O)COc1ccc(C=Cc2ccc3n2[B-](F)(F)[N+]2=C(c4cccs4)C=CC2=C3)cc1. The first-order valence-corrected chi connectivity index (χ1v) is 10.8. The quantitative estimate of drug-likeness (QED) is 0.548. The molecule has 5 nitrogen and oxygen atoms in total. The van der Waals surface area contributed by atoms with Crippen molar-refractivity contribution in [3.63, 3.8) is 0 Å². The minimum absolute atomic E-state index is 0.393. The van der Waals surface area contributed by atoms with Gasteiger partial charge in [0, 0.05) is 29.6 Å². The van der Waals surface area contributed by atoms with Crippen LogP contribution in [0.2, 0.25) is 0 Å². The molecule has 0 radical (unpaired) electrons. The fraction of sp³-hybridized carbons (Fsp3) is 0.0435. The third kappa shape index (κ3) is 3.50. The Morgan fingerprint density at radius 1 is 1.12 bits per heavy atom. The number of ether oxygens (including phenoxy) is 1. The van der Waals surface area contributed by atoms with E-state index in [9.17, 15) is 4.79 Å². The van der Waals surface area contributed by atoms with Crippen LogP contribution in [0, 0.1) is 0 Å². The smallest absolute Gasteiger partial charge is 0.482 e. The third-order valence-electron chi connectivity index (χ3n) is 5.31. The highest BCUT2D eigenvalue weighted by molar-refractivity contribution is 7.12. The van der Waals surface area contributed by atoms with E-state index in [-0.39, 0.29) is 0 Å². The van der Waals surface area contributed by atoms with Crippen molar-refractivity contribution < 1.29 is 27.8 Å². The molecule has 2 aliphatic rings. The van der Waals surface area contributed by atoms with Crippen molar-refractivity contribution in [1.29, 1.82) is 0 Å². The Morgan fingerprint density at radius 2 is 1.94 bits per heavy atom. The summed E-state index contributed by atoms with van der Waals surface area (Å²) in [5.74, 6) is -0.630. The predicted octanol–water partition coefficient (Wildman–Crippen LogP) is 4.83. The molecule has 5 rings (SSSR count). The molecule has 2 aliphatic heterocycles. The van der Waals surface area contributed by atoms with Crippen molar-refractivity contribution in [3.8, 4) is 5.75 Å². The summed E-state index contributed by atoms with van der Waals surface area (Å²) in [6.45, 7) is -4.50. The van der Waals surface area contributed by atoms with Gasteiger partial charge in [-0.2, -0.15) is 0 Å². The van der Waals surface area contributed by atoms with Crippen LogP contribution in [0.5, 0.6) is 5.75 Å². The minimum Gasteiger partial charge on any atom is -0.482 e. The van der Waals surface area contributed by atoms with Crippen LogP contribution in [0.1, 0.15) is 21.8 Å². The molecule has 0 amide bonds. The van der Waals surface area contributed by atoms with E-state index in [0.29, 0.717) is 28.5 Å². The molecule has 0 bridgehead atoms. The van der Waals surface area contributed by atoms with Crippen LogP contribution in [-0.2, 0) is 4.79 Å². The highest BCUT2D eigenvalue weighted by Crippen LogP contribution is 2.34. The highest BCUT2D eigenvalue weighted by atomic mass is 32.1. The number of carbonyl (C=O) groups is 1. The van der Waals surface area contributed by atoms with Crippen LogP contribution in [0.3, 0.4) is 0 Å². The first kappa shape index (κ1) is 20.2. The molecular weight excluding hydrogens is 433 g/mol. The molecule has 32 heavy (non-hydrogen) atoms. The Balaban J connectivity index is 1.46. The predicted molar refractivity (Wildman–Crippen MR) is 122 cm³/mol. The van der Waals surface area contributed by atoms with E-state index in [1.54, 1.807) is 66.8 Å². The summed E-state index contributed by atoms with van der Waals surface area (Å²) in [6, 6.07) is 13.8. The lowest BCUT2D eigenvalue weighted by atomic mass is 9.90. The molecule has 4 heterocycles. The average molecular weight is 450 g/mol. The maximum absolute atomic E-state index is 15.8. The topological polar surface area (TPSA) is 54.5 Å². The number of nitrogens with zero attached hydrogens (tertiary/aromatic N) is 2. The van der Waals surface area contributed by atoms with Gasteiger partial charge in [0.25, 0.3) is 0 Å². The summed E-state index contributed by atoms with van der Waals surface area (Å²) < 4.78 is 38.9. The molecule has 0 aliphatic carbocycles. The van der Waals surface area contributed by atoms with E-state index in [1.807, 2.05) is 17.5 Å². The van der Waals surface area contributed by atoms with Crippen molar-refractivity contribution in [2.24, 2.45) is 0 Å². The lowest BCUT2D eigenvalue weighted by Crippen LogP contribution is -2.50. The van der Waals surface area contributed by atoms with Crippen LogP contribution < -0.4 is 4.74 Å². The minimum atomic E-state index is -4.08. The second-order valence-electron chi connectivity index (χ2n) is 7.36. The van der Waals surface area contributed by atoms with Gasteiger partial charge in [-0.15, -0.1) is 11.3 Å². The van der Waals surface area contributed by atoms with Gasteiger partial charge in [-0.05, 0) is 47.4 Å². The summed E-state index contributed by atoms with van der Waals surface area (Å²) in [5.41, 5.74) is 2.61. The Labute approximate surface area is 186 Å². The number of thiophene rings is 1. The lowest BCUT2D eigenvalue weighted by Gasteiger charge is -2.30. The molecular formula is C23H17BF2N2O3S. The molecule has 0 unspecified atom stereocenters. The first-order valence-electron chi connectivity index (χ1n) is 9.90.